The van der Waals surface area contributed by atoms with Crippen LogP contribution in [0.5, 0.6) is 0 Å². The van der Waals surface area contributed by atoms with E-state index in [1.165, 1.54) is 43.2 Å². The Morgan fingerprint density at radius 1 is 1.14 bits per heavy atom. The number of nitrogens with one attached hydrogen (secondary N) is 1. The normalized spacial score (nSPS) is 29.1. The first-order chi connectivity index (χ1) is 10.3. The number of nitrogens with zero attached hydrogens (tertiary/aromatic N) is 1. The standard InChI is InChI=1S/C19H24N2/c1-20-19(12-16-11-13-6-7-15(16)10-13)18-9-8-14-4-2-3-5-17(14)21-18/h2-5,8-9,13,15-16,19-20H,6-7,10-12H2,1H3. The van der Waals surface area contributed by atoms with Crippen molar-refractivity contribution in [1.82, 2.24) is 10.3 Å². The predicted octanol–water partition coefficient (Wildman–Crippen LogP) is 4.32. The summed E-state index contributed by atoms with van der Waals surface area (Å²) in [6.07, 6.45) is 7.15. The number of benzene rings is 1. The lowest BCUT2D eigenvalue weighted by Gasteiger charge is -2.26. The molecule has 110 valence electrons. The van der Waals surface area contributed by atoms with Crippen molar-refractivity contribution in [2.24, 2.45) is 17.8 Å². The van der Waals surface area contributed by atoms with Gasteiger partial charge in [0.1, 0.15) is 0 Å². The van der Waals surface area contributed by atoms with Crippen LogP contribution in [-0.2, 0) is 0 Å². The first kappa shape index (κ1) is 13.3. The van der Waals surface area contributed by atoms with Crippen LogP contribution in [0.2, 0.25) is 0 Å². The lowest BCUT2D eigenvalue weighted by atomic mass is 9.83. The molecule has 1 N–H and O–H groups in total. The first-order valence-corrected chi connectivity index (χ1v) is 8.36. The van der Waals surface area contributed by atoms with Gasteiger partial charge in [-0.3, -0.25) is 4.98 Å². The first-order valence-electron chi connectivity index (χ1n) is 8.36. The number of hydrogen-bond donors (Lipinski definition) is 1. The Balaban J connectivity index is 1.56. The van der Waals surface area contributed by atoms with Crippen LogP contribution in [0.4, 0.5) is 0 Å². The highest BCUT2D eigenvalue weighted by molar-refractivity contribution is 5.78. The van der Waals surface area contributed by atoms with E-state index in [0.717, 1.165) is 23.3 Å². The molecule has 1 aromatic carbocycles. The number of pyridine rings is 1. The molecular weight excluding hydrogens is 256 g/mol. The van der Waals surface area contributed by atoms with Crippen molar-refractivity contribution >= 4 is 10.9 Å². The van der Waals surface area contributed by atoms with Crippen LogP contribution in [-0.4, -0.2) is 12.0 Å². The molecule has 2 aliphatic rings. The molecule has 2 aliphatic carbocycles. The fraction of sp³-hybridized carbons (Fsp3) is 0.526. The largest absolute Gasteiger partial charge is 0.312 e. The van der Waals surface area contributed by atoms with Gasteiger partial charge in [0.2, 0.25) is 0 Å². The second-order valence-electron chi connectivity index (χ2n) is 6.94. The van der Waals surface area contributed by atoms with Gasteiger partial charge in [0.15, 0.2) is 0 Å². The predicted molar refractivity (Wildman–Crippen MR) is 87.1 cm³/mol. The molecule has 2 bridgehead atoms. The van der Waals surface area contributed by atoms with Crippen LogP contribution < -0.4 is 5.32 Å². The van der Waals surface area contributed by atoms with Crippen molar-refractivity contribution in [2.45, 2.75) is 38.1 Å². The number of fused-ring (bicyclic) bond motifs is 3. The number of hydrogen-bond acceptors (Lipinski definition) is 2. The number of aromatic nitrogens is 1. The minimum atomic E-state index is 0.402. The molecule has 2 heteroatoms. The lowest BCUT2D eigenvalue weighted by molar-refractivity contribution is 0.282. The Bertz CT molecular complexity index is 636. The molecule has 0 radical (unpaired) electrons. The van der Waals surface area contributed by atoms with E-state index in [0.29, 0.717) is 6.04 Å². The molecule has 4 atom stereocenters. The van der Waals surface area contributed by atoms with Gasteiger partial charge in [-0.1, -0.05) is 30.7 Å². The molecule has 0 spiro atoms. The Kier molecular flexibility index (Phi) is 3.42. The molecule has 1 aromatic heterocycles. The van der Waals surface area contributed by atoms with Crippen molar-refractivity contribution in [2.75, 3.05) is 7.05 Å². The summed E-state index contributed by atoms with van der Waals surface area (Å²) in [5.74, 6) is 2.93. The van der Waals surface area contributed by atoms with Crippen molar-refractivity contribution in [3.05, 3.63) is 42.1 Å². The van der Waals surface area contributed by atoms with Crippen LogP contribution >= 0.6 is 0 Å². The van der Waals surface area contributed by atoms with Gasteiger partial charge in [-0.2, -0.15) is 0 Å². The Labute approximate surface area is 127 Å². The molecule has 1 heterocycles. The molecule has 2 fully saturated rings. The molecule has 4 rings (SSSR count). The van der Waals surface area contributed by atoms with Gasteiger partial charge in [0.25, 0.3) is 0 Å². The highest BCUT2D eigenvalue weighted by atomic mass is 14.9. The maximum atomic E-state index is 4.89. The molecule has 0 saturated heterocycles. The molecule has 2 nitrogen and oxygen atoms in total. The van der Waals surface area contributed by atoms with Crippen LogP contribution in [0, 0.1) is 17.8 Å². The molecule has 2 aromatic rings. The topological polar surface area (TPSA) is 24.9 Å². The quantitative estimate of drug-likeness (QED) is 0.902. The SMILES string of the molecule is CNC(CC1CC2CCC1C2)c1ccc2ccccc2n1. The lowest BCUT2D eigenvalue weighted by Crippen LogP contribution is -2.23. The Morgan fingerprint density at radius 3 is 2.81 bits per heavy atom. The average molecular weight is 280 g/mol. The van der Waals surface area contributed by atoms with E-state index >= 15 is 0 Å². The highest BCUT2D eigenvalue weighted by Gasteiger charge is 2.40. The molecule has 2 saturated carbocycles. The molecular formula is C19H24N2. The van der Waals surface area contributed by atoms with Gasteiger partial charge in [0.05, 0.1) is 11.2 Å². The van der Waals surface area contributed by atoms with E-state index in [-0.39, 0.29) is 0 Å². The third-order valence-corrected chi connectivity index (χ3v) is 5.75. The summed E-state index contributed by atoms with van der Waals surface area (Å²) in [7, 11) is 2.08. The van der Waals surface area contributed by atoms with E-state index in [1.807, 2.05) is 0 Å². The minimum Gasteiger partial charge on any atom is -0.312 e. The van der Waals surface area contributed by atoms with Gasteiger partial charge in [-0.05, 0) is 62.6 Å². The third kappa shape index (κ3) is 2.46. The maximum absolute atomic E-state index is 4.89. The van der Waals surface area contributed by atoms with E-state index in [1.54, 1.807) is 0 Å². The zero-order valence-electron chi connectivity index (χ0n) is 12.8. The monoisotopic (exact) mass is 280 g/mol. The summed E-state index contributed by atoms with van der Waals surface area (Å²) in [5.41, 5.74) is 2.32. The smallest absolute Gasteiger partial charge is 0.0706 e. The molecule has 21 heavy (non-hydrogen) atoms. The average Bonchev–Trinajstić information content (AvgIpc) is 3.15. The van der Waals surface area contributed by atoms with E-state index < -0.39 is 0 Å². The zero-order valence-corrected chi connectivity index (χ0v) is 12.8. The van der Waals surface area contributed by atoms with Crippen LogP contribution in [0.1, 0.15) is 43.8 Å². The molecule has 0 aliphatic heterocycles. The summed E-state index contributed by atoms with van der Waals surface area (Å²) in [6.45, 7) is 0. The number of rotatable bonds is 4. The Morgan fingerprint density at radius 2 is 2.05 bits per heavy atom. The van der Waals surface area contributed by atoms with Crippen molar-refractivity contribution < 1.29 is 0 Å². The van der Waals surface area contributed by atoms with Gasteiger partial charge < -0.3 is 5.32 Å². The van der Waals surface area contributed by atoms with E-state index in [9.17, 15) is 0 Å². The Hall–Kier alpha value is -1.41. The van der Waals surface area contributed by atoms with Crippen molar-refractivity contribution in [3.8, 4) is 0 Å². The molecule has 4 unspecified atom stereocenters. The summed E-state index contributed by atoms with van der Waals surface area (Å²) in [4.78, 5) is 4.89. The fourth-order valence-corrected chi connectivity index (χ4v) is 4.63. The summed E-state index contributed by atoms with van der Waals surface area (Å²) < 4.78 is 0. The number of para-hydroxylation sites is 1. The summed E-state index contributed by atoms with van der Waals surface area (Å²) >= 11 is 0. The van der Waals surface area contributed by atoms with Crippen LogP contribution in [0.3, 0.4) is 0 Å². The second-order valence-corrected chi connectivity index (χ2v) is 6.94. The second kappa shape index (κ2) is 5.42. The van der Waals surface area contributed by atoms with Crippen molar-refractivity contribution in [3.63, 3.8) is 0 Å². The molecule has 0 amide bonds. The highest BCUT2D eigenvalue weighted by Crippen LogP contribution is 2.50. The van der Waals surface area contributed by atoms with Gasteiger partial charge >= 0.3 is 0 Å². The fourth-order valence-electron chi connectivity index (χ4n) is 4.63. The maximum Gasteiger partial charge on any atom is 0.0706 e. The summed E-state index contributed by atoms with van der Waals surface area (Å²) in [5, 5.41) is 4.74. The van der Waals surface area contributed by atoms with Gasteiger partial charge in [-0.15, -0.1) is 0 Å². The van der Waals surface area contributed by atoms with Gasteiger partial charge in [0, 0.05) is 11.4 Å². The third-order valence-electron chi connectivity index (χ3n) is 5.75. The van der Waals surface area contributed by atoms with Crippen LogP contribution in [0.15, 0.2) is 36.4 Å². The zero-order chi connectivity index (χ0) is 14.2. The van der Waals surface area contributed by atoms with Gasteiger partial charge in [-0.25, -0.2) is 0 Å². The summed E-state index contributed by atoms with van der Waals surface area (Å²) in [6, 6.07) is 13.2. The van der Waals surface area contributed by atoms with E-state index in [2.05, 4.69) is 48.8 Å². The van der Waals surface area contributed by atoms with Crippen molar-refractivity contribution in [1.29, 1.82) is 0 Å². The van der Waals surface area contributed by atoms with Crippen LogP contribution in [0.25, 0.3) is 10.9 Å². The van der Waals surface area contributed by atoms with E-state index in [4.69, 9.17) is 4.98 Å². The minimum absolute atomic E-state index is 0.402.